The maximum atomic E-state index is 12.2. The number of carbonyl (C=O) groups is 1. The molecule has 0 atom stereocenters. The number of piperidine rings is 1. The number of aryl methyl sites for hydroxylation is 1. The summed E-state index contributed by atoms with van der Waals surface area (Å²) in [5, 5.41) is 7.58. The number of hydrogen-bond acceptors (Lipinski definition) is 3. The molecule has 0 bridgehead atoms. The molecule has 0 aromatic carbocycles. The predicted octanol–water partition coefficient (Wildman–Crippen LogP) is 0.875. The highest BCUT2D eigenvalue weighted by Crippen LogP contribution is 2.36. The summed E-state index contributed by atoms with van der Waals surface area (Å²) in [6.07, 6.45) is 7.82. The van der Waals surface area contributed by atoms with E-state index in [4.69, 9.17) is 0 Å². The molecule has 1 aromatic rings. The van der Waals surface area contributed by atoms with Crippen molar-refractivity contribution in [2.75, 3.05) is 26.2 Å². The summed E-state index contributed by atoms with van der Waals surface area (Å²) < 4.78 is 1.82. The Hall–Kier alpha value is -1.36. The molecule has 2 aliphatic rings. The lowest BCUT2D eigenvalue weighted by Gasteiger charge is -2.39. The van der Waals surface area contributed by atoms with Crippen molar-refractivity contribution >= 4 is 5.91 Å². The van der Waals surface area contributed by atoms with Crippen LogP contribution in [0.5, 0.6) is 0 Å². The molecule has 0 unspecified atom stereocenters. The van der Waals surface area contributed by atoms with Crippen LogP contribution in [0.25, 0.3) is 0 Å². The van der Waals surface area contributed by atoms with Crippen LogP contribution in [0.4, 0.5) is 0 Å². The van der Waals surface area contributed by atoms with Gasteiger partial charge in [-0.3, -0.25) is 9.48 Å². The molecule has 1 N–H and O–H groups in total. The smallest absolute Gasteiger partial charge is 0.224 e. The molecule has 2 fully saturated rings. The highest BCUT2D eigenvalue weighted by atomic mass is 16.2. The van der Waals surface area contributed by atoms with Gasteiger partial charge in [0.2, 0.25) is 5.91 Å². The molecule has 1 spiro atoms. The number of hydrogen-bond donors (Lipinski definition) is 1. The van der Waals surface area contributed by atoms with Gasteiger partial charge in [-0.1, -0.05) is 0 Å². The molecule has 0 aliphatic carbocycles. The molecule has 19 heavy (non-hydrogen) atoms. The normalized spacial score (nSPS) is 22.0. The van der Waals surface area contributed by atoms with E-state index in [0.717, 1.165) is 39.0 Å². The summed E-state index contributed by atoms with van der Waals surface area (Å²) in [5.74, 6) is 0.274. The van der Waals surface area contributed by atoms with Crippen molar-refractivity contribution in [3.63, 3.8) is 0 Å². The Morgan fingerprint density at radius 1 is 1.32 bits per heavy atom. The zero-order valence-electron chi connectivity index (χ0n) is 11.3. The van der Waals surface area contributed by atoms with Crippen molar-refractivity contribution in [2.45, 2.75) is 32.2 Å². The lowest BCUT2D eigenvalue weighted by molar-refractivity contribution is -0.133. The van der Waals surface area contributed by atoms with Crippen molar-refractivity contribution in [1.29, 1.82) is 0 Å². The first-order valence-corrected chi connectivity index (χ1v) is 7.23. The molecular weight excluding hydrogens is 240 g/mol. The van der Waals surface area contributed by atoms with Crippen molar-refractivity contribution in [3.05, 3.63) is 18.5 Å². The third-order valence-corrected chi connectivity index (χ3v) is 4.62. The maximum absolute atomic E-state index is 12.2. The molecule has 104 valence electrons. The summed E-state index contributed by atoms with van der Waals surface area (Å²) in [4.78, 5) is 14.2. The predicted molar refractivity (Wildman–Crippen MR) is 72.6 cm³/mol. The van der Waals surface area contributed by atoms with Gasteiger partial charge in [-0.15, -0.1) is 0 Å². The van der Waals surface area contributed by atoms with Crippen molar-refractivity contribution in [2.24, 2.45) is 5.41 Å². The number of amides is 1. The van der Waals surface area contributed by atoms with Crippen LogP contribution in [0.3, 0.4) is 0 Å². The third kappa shape index (κ3) is 2.81. The standard InChI is InChI=1S/C14H22N4O/c19-13(2-9-18-8-1-6-16-18)17-10-4-14(5-11-17)3-7-15-12-14/h1,6,8,15H,2-5,7,9-12H2. The van der Waals surface area contributed by atoms with Gasteiger partial charge in [0.25, 0.3) is 0 Å². The number of rotatable bonds is 3. The fraction of sp³-hybridized carbons (Fsp3) is 0.714. The van der Waals surface area contributed by atoms with Gasteiger partial charge in [0.15, 0.2) is 0 Å². The monoisotopic (exact) mass is 262 g/mol. The molecular formula is C14H22N4O. The van der Waals surface area contributed by atoms with Gasteiger partial charge < -0.3 is 10.2 Å². The van der Waals surface area contributed by atoms with Gasteiger partial charge in [-0.2, -0.15) is 5.10 Å². The lowest BCUT2D eigenvalue weighted by Crippen LogP contribution is -2.44. The van der Waals surface area contributed by atoms with Crippen molar-refractivity contribution in [3.8, 4) is 0 Å². The van der Waals surface area contributed by atoms with Crippen molar-refractivity contribution in [1.82, 2.24) is 20.0 Å². The minimum atomic E-state index is 0.274. The summed E-state index contributed by atoms with van der Waals surface area (Å²) in [6.45, 7) is 4.84. The molecule has 2 aliphatic heterocycles. The van der Waals surface area contributed by atoms with E-state index in [0.29, 0.717) is 18.4 Å². The fourth-order valence-corrected chi connectivity index (χ4v) is 3.25. The summed E-state index contributed by atoms with van der Waals surface area (Å²) in [6, 6.07) is 1.89. The molecule has 1 aromatic heterocycles. The van der Waals surface area contributed by atoms with Crippen molar-refractivity contribution < 1.29 is 4.79 Å². The first kappa shape index (κ1) is 12.7. The molecule has 5 heteroatoms. The SMILES string of the molecule is O=C(CCn1cccn1)N1CCC2(CCNC2)CC1. The van der Waals surface area contributed by atoms with Crippen LogP contribution in [0.2, 0.25) is 0 Å². The highest BCUT2D eigenvalue weighted by molar-refractivity contribution is 5.76. The van der Waals surface area contributed by atoms with Crippen LogP contribution in [-0.4, -0.2) is 46.8 Å². The summed E-state index contributed by atoms with van der Waals surface area (Å²) in [7, 11) is 0. The topological polar surface area (TPSA) is 50.2 Å². The zero-order valence-corrected chi connectivity index (χ0v) is 11.3. The van der Waals surface area contributed by atoms with E-state index in [1.807, 2.05) is 21.8 Å². The number of carbonyl (C=O) groups excluding carboxylic acids is 1. The van der Waals surface area contributed by atoms with Gasteiger partial charge in [-0.25, -0.2) is 0 Å². The second kappa shape index (κ2) is 5.33. The average Bonchev–Trinajstić information content (AvgIpc) is 3.09. The fourth-order valence-electron chi connectivity index (χ4n) is 3.25. The van der Waals surface area contributed by atoms with E-state index in [2.05, 4.69) is 10.4 Å². The Labute approximate surface area is 114 Å². The van der Waals surface area contributed by atoms with Gasteiger partial charge in [0.1, 0.15) is 0 Å². The Morgan fingerprint density at radius 3 is 2.79 bits per heavy atom. The largest absolute Gasteiger partial charge is 0.343 e. The minimum absolute atomic E-state index is 0.274. The Kier molecular flexibility index (Phi) is 3.55. The number of nitrogens with zero attached hydrogens (tertiary/aromatic N) is 3. The van der Waals surface area contributed by atoms with Gasteiger partial charge in [0.05, 0.1) is 0 Å². The van der Waals surface area contributed by atoms with Crippen LogP contribution in [-0.2, 0) is 11.3 Å². The number of aromatic nitrogens is 2. The maximum Gasteiger partial charge on any atom is 0.224 e. The lowest BCUT2D eigenvalue weighted by atomic mass is 9.78. The molecule has 3 heterocycles. The molecule has 2 saturated heterocycles. The molecule has 3 rings (SSSR count). The van der Waals surface area contributed by atoms with Gasteiger partial charge >= 0.3 is 0 Å². The zero-order chi connectivity index (χ0) is 13.1. The summed E-state index contributed by atoms with van der Waals surface area (Å²) in [5.41, 5.74) is 0.485. The number of likely N-dealkylation sites (tertiary alicyclic amines) is 1. The summed E-state index contributed by atoms with van der Waals surface area (Å²) >= 11 is 0. The third-order valence-electron chi connectivity index (χ3n) is 4.62. The Balaban J connectivity index is 1.46. The second-order valence-corrected chi connectivity index (χ2v) is 5.83. The van der Waals surface area contributed by atoms with Crippen LogP contribution in [0.15, 0.2) is 18.5 Å². The molecule has 1 amide bonds. The highest BCUT2D eigenvalue weighted by Gasteiger charge is 2.37. The van der Waals surface area contributed by atoms with Crippen LogP contribution >= 0.6 is 0 Å². The van der Waals surface area contributed by atoms with Crippen LogP contribution < -0.4 is 5.32 Å². The Morgan fingerprint density at radius 2 is 2.16 bits per heavy atom. The molecule has 5 nitrogen and oxygen atoms in total. The first-order chi connectivity index (χ1) is 9.27. The molecule has 0 saturated carbocycles. The quantitative estimate of drug-likeness (QED) is 0.879. The number of nitrogens with one attached hydrogen (secondary N) is 1. The van der Waals surface area contributed by atoms with E-state index in [1.54, 1.807) is 6.20 Å². The van der Waals surface area contributed by atoms with E-state index in [-0.39, 0.29) is 5.91 Å². The van der Waals surface area contributed by atoms with E-state index in [9.17, 15) is 4.79 Å². The average molecular weight is 262 g/mol. The van der Waals surface area contributed by atoms with Crippen LogP contribution in [0.1, 0.15) is 25.7 Å². The van der Waals surface area contributed by atoms with Gasteiger partial charge in [-0.05, 0) is 37.3 Å². The van der Waals surface area contributed by atoms with E-state index >= 15 is 0 Å². The molecule has 0 radical (unpaired) electrons. The van der Waals surface area contributed by atoms with E-state index in [1.165, 1.54) is 6.42 Å². The first-order valence-electron chi connectivity index (χ1n) is 7.23. The van der Waals surface area contributed by atoms with Crippen LogP contribution in [0, 0.1) is 5.41 Å². The Bertz CT molecular complexity index is 413. The minimum Gasteiger partial charge on any atom is -0.343 e. The second-order valence-electron chi connectivity index (χ2n) is 5.83. The van der Waals surface area contributed by atoms with E-state index < -0.39 is 0 Å². The van der Waals surface area contributed by atoms with Gasteiger partial charge in [0, 0.05) is 45.0 Å².